The molecule has 0 radical (unpaired) electrons. The van der Waals surface area contributed by atoms with Gasteiger partial charge in [-0.05, 0) is 89.0 Å². The van der Waals surface area contributed by atoms with E-state index in [1.807, 2.05) is 0 Å². The zero-order valence-corrected chi connectivity index (χ0v) is 27.8. The van der Waals surface area contributed by atoms with Crippen LogP contribution in [0.1, 0.15) is 0 Å². The Balaban J connectivity index is 1.24. The first-order valence-corrected chi connectivity index (χ1v) is 17.4. The number of aromatic nitrogens is 1. The second-order valence-corrected chi connectivity index (χ2v) is 13.0. The van der Waals surface area contributed by atoms with Gasteiger partial charge in [0.15, 0.2) is 0 Å². The van der Waals surface area contributed by atoms with Crippen LogP contribution in [0.5, 0.6) is 0 Å². The molecule has 8 aromatic carbocycles. The summed E-state index contributed by atoms with van der Waals surface area (Å²) in [5.41, 5.74) is 13.1. The van der Waals surface area contributed by atoms with E-state index >= 15 is 0 Å². The average Bonchev–Trinajstić information content (AvgIpc) is 3.75. The molecule has 0 bridgehead atoms. The molecule has 10 rings (SSSR count). The lowest BCUT2D eigenvalue weighted by Crippen LogP contribution is -2.10. The molecule has 10 aromatic rings. The molecule has 0 fully saturated rings. The lowest BCUT2D eigenvalue weighted by Gasteiger charge is -2.27. The Morgan fingerprint density at radius 3 is 1.75 bits per heavy atom. The summed E-state index contributed by atoms with van der Waals surface area (Å²) in [6.45, 7) is 0. The summed E-state index contributed by atoms with van der Waals surface area (Å²) in [5.74, 6) is 0. The van der Waals surface area contributed by atoms with Gasteiger partial charge in [0.2, 0.25) is 0 Å². The molecular weight excluding hydrogens is 621 g/mol. The van der Waals surface area contributed by atoms with E-state index in [1.54, 1.807) is 0 Å². The monoisotopic (exact) mass is 652 g/mol. The number of anilines is 3. The number of hydrogen-bond donors (Lipinski definition) is 0. The van der Waals surface area contributed by atoms with Gasteiger partial charge in [-0.3, -0.25) is 0 Å². The number of hydrogen-bond acceptors (Lipinski definition) is 2. The molecule has 0 amide bonds. The van der Waals surface area contributed by atoms with Gasteiger partial charge in [-0.25, -0.2) is 0 Å². The lowest BCUT2D eigenvalue weighted by atomic mass is 10.0. The summed E-state index contributed by atoms with van der Waals surface area (Å²) in [7, 11) is 0. The maximum absolute atomic E-state index is 6.54. The van der Waals surface area contributed by atoms with Gasteiger partial charge in [0, 0.05) is 33.2 Å². The van der Waals surface area contributed by atoms with Crippen molar-refractivity contribution < 1.29 is 4.42 Å². The van der Waals surface area contributed by atoms with Crippen molar-refractivity contribution in [3.05, 3.63) is 194 Å². The Kier molecular flexibility index (Phi) is 6.81. The van der Waals surface area contributed by atoms with Gasteiger partial charge in [0.05, 0.1) is 22.1 Å². The SMILES string of the molecule is c1ccc(-c2ccc(N(c3ccc4c5ccccc5n(-c5ccccc5)c4c3)c3cccc4oc5ccc(-c6ccccc6)cc5c34)cc2)cc1. The molecule has 3 heteroatoms. The highest BCUT2D eigenvalue weighted by Crippen LogP contribution is 2.45. The van der Waals surface area contributed by atoms with E-state index in [4.69, 9.17) is 4.42 Å². The smallest absolute Gasteiger partial charge is 0.137 e. The number of benzene rings is 8. The third-order valence-corrected chi connectivity index (χ3v) is 9.98. The van der Waals surface area contributed by atoms with Gasteiger partial charge in [-0.2, -0.15) is 0 Å². The van der Waals surface area contributed by atoms with E-state index in [-0.39, 0.29) is 0 Å². The molecule has 0 N–H and O–H groups in total. The van der Waals surface area contributed by atoms with Crippen molar-refractivity contribution in [2.75, 3.05) is 4.90 Å². The zero-order chi connectivity index (χ0) is 33.7. The Hall–Kier alpha value is -6.84. The van der Waals surface area contributed by atoms with Crippen molar-refractivity contribution >= 4 is 60.8 Å². The summed E-state index contributed by atoms with van der Waals surface area (Å²) in [4.78, 5) is 2.38. The first kappa shape index (κ1) is 29.1. The van der Waals surface area contributed by atoms with Crippen molar-refractivity contribution in [1.82, 2.24) is 4.57 Å². The minimum absolute atomic E-state index is 0.859. The zero-order valence-electron chi connectivity index (χ0n) is 27.8. The van der Waals surface area contributed by atoms with Gasteiger partial charge < -0.3 is 13.9 Å². The number of para-hydroxylation sites is 2. The third kappa shape index (κ3) is 4.90. The Morgan fingerprint density at radius 1 is 0.373 bits per heavy atom. The van der Waals surface area contributed by atoms with E-state index < -0.39 is 0 Å². The molecule has 0 aliphatic rings. The first-order chi connectivity index (χ1) is 25.3. The maximum Gasteiger partial charge on any atom is 0.137 e. The Morgan fingerprint density at radius 2 is 0.980 bits per heavy atom. The van der Waals surface area contributed by atoms with Crippen LogP contribution >= 0.6 is 0 Å². The fourth-order valence-corrected chi connectivity index (χ4v) is 7.62. The maximum atomic E-state index is 6.54. The van der Waals surface area contributed by atoms with Crippen LogP contribution in [-0.2, 0) is 0 Å². The van der Waals surface area contributed by atoms with Crippen LogP contribution in [-0.4, -0.2) is 4.57 Å². The quantitative estimate of drug-likeness (QED) is 0.178. The van der Waals surface area contributed by atoms with Crippen molar-refractivity contribution in [3.63, 3.8) is 0 Å². The van der Waals surface area contributed by atoms with E-state index in [1.165, 1.54) is 33.0 Å². The topological polar surface area (TPSA) is 21.3 Å². The fourth-order valence-electron chi connectivity index (χ4n) is 7.62. The molecule has 0 atom stereocenters. The van der Waals surface area contributed by atoms with E-state index in [2.05, 4.69) is 204 Å². The van der Waals surface area contributed by atoms with Crippen LogP contribution in [0, 0.1) is 0 Å². The summed E-state index contributed by atoms with van der Waals surface area (Å²) in [6, 6.07) is 69.1. The van der Waals surface area contributed by atoms with Crippen LogP contribution in [0.25, 0.3) is 71.7 Å². The average molecular weight is 653 g/mol. The van der Waals surface area contributed by atoms with Gasteiger partial charge >= 0.3 is 0 Å². The molecule has 0 aliphatic heterocycles. The van der Waals surface area contributed by atoms with Gasteiger partial charge in [-0.15, -0.1) is 0 Å². The van der Waals surface area contributed by atoms with Crippen molar-refractivity contribution in [2.45, 2.75) is 0 Å². The van der Waals surface area contributed by atoms with E-state index in [0.29, 0.717) is 0 Å². The van der Waals surface area contributed by atoms with Crippen LogP contribution in [0.3, 0.4) is 0 Å². The number of fused-ring (bicyclic) bond motifs is 6. The second kappa shape index (κ2) is 11.9. The lowest BCUT2D eigenvalue weighted by molar-refractivity contribution is 0.669. The minimum atomic E-state index is 0.859. The van der Waals surface area contributed by atoms with Crippen LogP contribution in [0.2, 0.25) is 0 Å². The Bertz CT molecular complexity index is 2830. The molecule has 0 saturated carbocycles. The van der Waals surface area contributed by atoms with Gasteiger partial charge in [0.1, 0.15) is 11.2 Å². The highest BCUT2D eigenvalue weighted by Gasteiger charge is 2.22. The predicted molar refractivity (Wildman–Crippen MR) is 214 cm³/mol. The Labute approximate surface area is 295 Å². The standard InChI is InChI=1S/C48H32N2O/c1-4-13-33(14-5-1)35-23-26-38(27-24-35)49(39-28-29-41-40-19-10-11-20-43(40)50(45(41)32-39)37-17-8-3-9-18-37)44-21-12-22-47-48(44)42-31-36(25-30-46(42)51-47)34-15-6-2-7-16-34/h1-32H. The minimum Gasteiger partial charge on any atom is -0.456 e. The number of furan rings is 1. The first-order valence-electron chi connectivity index (χ1n) is 17.4. The number of nitrogens with zero attached hydrogens (tertiary/aromatic N) is 2. The van der Waals surface area contributed by atoms with Gasteiger partial charge in [-0.1, -0.05) is 127 Å². The summed E-state index contributed by atoms with van der Waals surface area (Å²) in [6.07, 6.45) is 0. The molecule has 3 nitrogen and oxygen atoms in total. The van der Waals surface area contributed by atoms with Crippen molar-refractivity contribution in [3.8, 4) is 27.9 Å². The molecule has 0 aliphatic carbocycles. The predicted octanol–water partition coefficient (Wildman–Crippen LogP) is 13.5. The van der Waals surface area contributed by atoms with E-state index in [9.17, 15) is 0 Å². The van der Waals surface area contributed by atoms with Crippen LogP contribution in [0.4, 0.5) is 17.1 Å². The number of rotatable bonds is 6. The molecule has 51 heavy (non-hydrogen) atoms. The molecule has 2 aromatic heterocycles. The summed E-state index contributed by atoms with van der Waals surface area (Å²) in [5, 5.41) is 4.63. The molecule has 240 valence electrons. The van der Waals surface area contributed by atoms with Crippen molar-refractivity contribution in [1.29, 1.82) is 0 Å². The van der Waals surface area contributed by atoms with Crippen LogP contribution in [0.15, 0.2) is 199 Å². The second-order valence-electron chi connectivity index (χ2n) is 13.0. The normalized spacial score (nSPS) is 11.5. The third-order valence-electron chi connectivity index (χ3n) is 9.98. The molecule has 2 heterocycles. The summed E-state index contributed by atoms with van der Waals surface area (Å²) < 4.78 is 8.92. The molecule has 0 spiro atoms. The fraction of sp³-hybridized carbons (Fsp3) is 0. The highest BCUT2D eigenvalue weighted by atomic mass is 16.3. The van der Waals surface area contributed by atoms with Gasteiger partial charge in [0.25, 0.3) is 0 Å². The largest absolute Gasteiger partial charge is 0.456 e. The molecule has 0 saturated heterocycles. The van der Waals surface area contributed by atoms with Crippen LogP contribution < -0.4 is 4.90 Å². The van der Waals surface area contributed by atoms with E-state index in [0.717, 1.165) is 55.8 Å². The highest BCUT2D eigenvalue weighted by molar-refractivity contribution is 6.15. The summed E-state index contributed by atoms with van der Waals surface area (Å²) >= 11 is 0. The molecule has 0 unspecified atom stereocenters. The van der Waals surface area contributed by atoms with Crippen molar-refractivity contribution in [2.24, 2.45) is 0 Å². The molecular formula is C48H32N2O.